The Labute approximate surface area is 263 Å². The fraction of sp³-hybridized carbons (Fsp3) is 0.394. The van der Waals surface area contributed by atoms with Crippen molar-refractivity contribution in [2.45, 2.75) is 60.6 Å². The molecule has 0 fully saturated rings. The topological polar surface area (TPSA) is 113 Å². The number of hydrogen-bond acceptors (Lipinski definition) is 9. The molecule has 0 saturated heterocycles. The first-order valence-corrected chi connectivity index (χ1v) is 14.9. The molecule has 0 saturated carbocycles. The van der Waals surface area contributed by atoms with E-state index in [4.69, 9.17) is 35.9 Å². The van der Waals surface area contributed by atoms with Crippen molar-refractivity contribution < 1.29 is 38.1 Å². The molecule has 2 aromatic rings. The molecule has 0 spiro atoms. The summed E-state index contributed by atoms with van der Waals surface area (Å²) in [5, 5.41) is 3.15. The molecule has 0 aromatic heterocycles. The van der Waals surface area contributed by atoms with Gasteiger partial charge in [-0.05, 0) is 90.5 Å². The number of rotatable bonds is 13. The molecule has 0 bridgehead atoms. The van der Waals surface area contributed by atoms with Gasteiger partial charge in [0.05, 0.1) is 31.5 Å². The monoisotopic (exact) mass is 624 g/mol. The number of hydrogen-bond donors (Lipinski definition) is 1. The number of amides is 1. The Hall–Kier alpha value is -4.38. The van der Waals surface area contributed by atoms with Gasteiger partial charge < -0.3 is 29.0 Å². The van der Waals surface area contributed by atoms with E-state index in [1.807, 2.05) is 39.0 Å². The minimum atomic E-state index is -0.911. The standard InChI is InChI=1S/C33H40N2O8S/c1-8-39-27-18-23(15-16-26(27)42-19-28(36)40-9-2)17-21(6)31(37)35-30(24-13-11-12-14-25(24)43-20(4)5)29(32(38)41-10-3)22(7)34-33(35)44/h11-18,20,30H,8-10,19H2,1-7H3,(H,34,44)/b21-17+. The Balaban J connectivity index is 2.06. The van der Waals surface area contributed by atoms with Gasteiger partial charge in [-0.15, -0.1) is 0 Å². The van der Waals surface area contributed by atoms with Crippen LogP contribution in [0.15, 0.2) is 59.3 Å². The molecule has 0 radical (unpaired) electrons. The number of esters is 2. The zero-order chi connectivity index (χ0) is 32.4. The van der Waals surface area contributed by atoms with Crippen LogP contribution < -0.4 is 19.5 Å². The summed E-state index contributed by atoms with van der Waals surface area (Å²) in [5.41, 5.74) is 2.32. The van der Waals surface area contributed by atoms with E-state index in [2.05, 4.69) is 5.32 Å². The lowest BCUT2D eigenvalue weighted by Crippen LogP contribution is -2.51. The first-order chi connectivity index (χ1) is 21.0. The van der Waals surface area contributed by atoms with Crippen LogP contribution in [0, 0.1) is 0 Å². The lowest BCUT2D eigenvalue weighted by atomic mass is 9.92. The Morgan fingerprint density at radius 3 is 2.32 bits per heavy atom. The minimum Gasteiger partial charge on any atom is -0.491 e. The van der Waals surface area contributed by atoms with Crippen LogP contribution in [0.1, 0.15) is 65.6 Å². The van der Waals surface area contributed by atoms with Gasteiger partial charge in [-0.25, -0.2) is 9.59 Å². The quantitative estimate of drug-likeness (QED) is 0.174. The number of thiocarbonyl (C=S) groups is 1. The van der Waals surface area contributed by atoms with Crippen LogP contribution in [0.25, 0.3) is 6.08 Å². The summed E-state index contributed by atoms with van der Waals surface area (Å²) < 4.78 is 27.8. The van der Waals surface area contributed by atoms with Crippen molar-refractivity contribution in [1.82, 2.24) is 10.2 Å². The maximum Gasteiger partial charge on any atom is 0.344 e. The molecule has 1 amide bonds. The molecule has 1 atom stereocenters. The van der Waals surface area contributed by atoms with E-state index >= 15 is 0 Å². The molecule has 2 aromatic carbocycles. The molecule has 1 heterocycles. The van der Waals surface area contributed by atoms with Crippen molar-refractivity contribution in [2.75, 3.05) is 26.4 Å². The van der Waals surface area contributed by atoms with Gasteiger partial charge in [-0.3, -0.25) is 9.69 Å². The van der Waals surface area contributed by atoms with Crippen molar-refractivity contribution in [1.29, 1.82) is 0 Å². The van der Waals surface area contributed by atoms with Gasteiger partial charge in [0.25, 0.3) is 5.91 Å². The van der Waals surface area contributed by atoms with E-state index in [1.165, 1.54) is 4.90 Å². The SMILES string of the molecule is CCOC(=O)COc1ccc(/C=C(\C)C(=O)N2C(=S)NC(C)=C(C(=O)OCC)C2c2ccccc2OC(C)C)cc1OCC. The molecule has 1 aliphatic heterocycles. The highest BCUT2D eigenvalue weighted by atomic mass is 32.1. The predicted molar refractivity (Wildman–Crippen MR) is 170 cm³/mol. The second-order valence-corrected chi connectivity index (χ2v) is 10.4. The van der Waals surface area contributed by atoms with Gasteiger partial charge in [-0.1, -0.05) is 24.3 Å². The van der Waals surface area contributed by atoms with Crippen LogP contribution >= 0.6 is 12.2 Å². The number of carbonyl (C=O) groups is 3. The number of nitrogens with one attached hydrogen (secondary N) is 1. The van der Waals surface area contributed by atoms with Crippen LogP contribution in [-0.2, 0) is 23.9 Å². The predicted octanol–water partition coefficient (Wildman–Crippen LogP) is 5.51. The van der Waals surface area contributed by atoms with Crippen molar-refractivity contribution in [3.05, 3.63) is 70.4 Å². The van der Waals surface area contributed by atoms with E-state index in [0.717, 1.165) is 0 Å². The Kier molecular flexibility index (Phi) is 12.3. The smallest absolute Gasteiger partial charge is 0.344 e. The molecular weight excluding hydrogens is 584 g/mol. The summed E-state index contributed by atoms with van der Waals surface area (Å²) in [6, 6.07) is 11.5. The summed E-state index contributed by atoms with van der Waals surface area (Å²) in [5.74, 6) is -0.199. The lowest BCUT2D eigenvalue weighted by Gasteiger charge is -2.39. The largest absolute Gasteiger partial charge is 0.491 e. The van der Waals surface area contributed by atoms with E-state index in [-0.39, 0.29) is 36.6 Å². The summed E-state index contributed by atoms with van der Waals surface area (Å²) in [6.07, 6.45) is 1.53. The van der Waals surface area contributed by atoms with E-state index in [9.17, 15) is 14.4 Å². The Morgan fingerprint density at radius 2 is 1.66 bits per heavy atom. The summed E-state index contributed by atoms with van der Waals surface area (Å²) in [7, 11) is 0. The molecule has 3 rings (SSSR count). The van der Waals surface area contributed by atoms with Gasteiger partial charge >= 0.3 is 11.9 Å². The summed E-state index contributed by atoms with van der Waals surface area (Å²) in [4.78, 5) is 40.7. The van der Waals surface area contributed by atoms with Crippen LogP contribution in [0.2, 0.25) is 0 Å². The first-order valence-electron chi connectivity index (χ1n) is 14.5. The van der Waals surface area contributed by atoms with Crippen LogP contribution in [0.3, 0.4) is 0 Å². The van der Waals surface area contributed by atoms with Gasteiger partial charge in [0.1, 0.15) is 11.8 Å². The molecule has 236 valence electrons. The van der Waals surface area contributed by atoms with E-state index in [1.54, 1.807) is 58.0 Å². The van der Waals surface area contributed by atoms with E-state index < -0.39 is 23.9 Å². The van der Waals surface area contributed by atoms with Crippen LogP contribution in [0.4, 0.5) is 0 Å². The summed E-state index contributed by atoms with van der Waals surface area (Å²) >= 11 is 5.68. The zero-order valence-corrected chi connectivity index (χ0v) is 27.0. The Morgan fingerprint density at radius 1 is 0.955 bits per heavy atom. The molecule has 11 heteroatoms. The number of benzene rings is 2. The molecule has 1 N–H and O–H groups in total. The van der Waals surface area contributed by atoms with Gasteiger partial charge in [0.2, 0.25) is 0 Å². The van der Waals surface area contributed by atoms with Crippen molar-refractivity contribution >= 4 is 41.3 Å². The number of nitrogens with zero attached hydrogens (tertiary/aromatic N) is 1. The van der Waals surface area contributed by atoms with Crippen molar-refractivity contribution in [3.63, 3.8) is 0 Å². The molecule has 1 aliphatic rings. The number of ether oxygens (including phenoxy) is 5. The van der Waals surface area contributed by atoms with Crippen LogP contribution in [0.5, 0.6) is 17.2 Å². The third kappa shape index (κ3) is 8.37. The lowest BCUT2D eigenvalue weighted by molar-refractivity contribution is -0.145. The molecule has 44 heavy (non-hydrogen) atoms. The highest BCUT2D eigenvalue weighted by molar-refractivity contribution is 7.80. The maximum absolute atomic E-state index is 14.2. The maximum atomic E-state index is 14.2. The Bertz CT molecular complexity index is 1450. The third-order valence-corrected chi connectivity index (χ3v) is 6.68. The van der Waals surface area contributed by atoms with Gasteiger partial charge in [0.15, 0.2) is 23.2 Å². The van der Waals surface area contributed by atoms with Gasteiger partial charge in [0, 0.05) is 16.8 Å². The number of carbonyl (C=O) groups excluding carboxylic acids is 3. The minimum absolute atomic E-state index is 0.135. The highest BCUT2D eigenvalue weighted by Crippen LogP contribution is 2.40. The summed E-state index contributed by atoms with van der Waals surface area (Å²) in [6.45, 7) is 13.0. The van der Waals surface area contributed by atoms with E-state index in [0.29, 0.717) is 46.3 Å². The third-order valence-electron chi connectivity index (χ3n) is 6.38. The van der Waals surface area contributed by atoms with Crippen molar-refractivity contribution in [3.8, 4) is 17.2 Å². The fourth-order valence-electron chi connectivity index (χ4n) is 4.63. The zero-order valence-electron chi connectivity index (χ0n) is 26.2. The van der Waals surface area contributed by atoms with Gasteiger partial charge in [-0.2, -0.15) is 0 Å². The highest BCUT2D eigenvalue weighted by Gasteiger charge is 2.41. The number of allylic oxidation sites excluding steroid dienone is 1. The second-order valence-electron chi connectivity index (χ2n) is 10.0. The normalized spacial score (nSPS) is 15.1. The first kappa shape index (κ1) is 34.1. The van der Waals surface area contributed by atoms with Crippen molar-refractivity contribution in [2.24, 2.45) is 0 Å². The second kappa shape index (κ2) is 15.9. The average Bonchev–Trinajstić information content (AvgIpc) is 2.96. The fourth-order valence-corrected chi connectivity index (χ4v) is 4.97. The molecule has 0 aliphatic carbocycles. The molecule has 10 nitrogen and oxygen atoms in total. The average molecular weight is 625 g/mol. The number of para-hydroxylation sites is 1. The van der Waals surface area contributed by atoms with Crippen LogP contribution in [-0.4, -0.2) is 60.4 Å². The molecule has 1 unspecified atom stereocenters. The molecular formula is C33H40N2O8S.